The van der Waals surface area contributed by atoms with E-state index < -0.39 is 0 Å². The predicted octanol–water partition coefficient (Wildman–Crippen LogP) is 21.4. The summed E-state index contributed by atoms with van der Waals surface area (Å²) in [7, 11) is 0. The van der Waals surface area contributed by atoms with E-state index in [4.69, 9.17) is 0 Å². The molecule has 77 heavy (non-hydrogen) atoms. The van der Waals surface area contributed by atoms with Crippen LogP contribution in [0.4, 0.5) is 0 Å². The Hall–Kier alpha value is -8.32. The lowest BCUT2D eigenvalue weighted by molar-refractivity contribution is 0.490. The van der Waals surface area contributed by atoms with Crippen LogP contribution in [-0.4, -0.2) is 0 Å². The van der Waals surface area contributed by atoms with Crippen LogP contribution >= 0.6 is 0 Å². The zero-order valence-corrected chi connectivity index (χ0v) is 45.1. The molecule has 0 aromatic heterocycles. The van der Waals surface area contributed by atoms with Crippen LogP contribution in [0.25, 0.3) is 121 Å². The topological polar surface area (TPSA) is 0 Å². The quantitative estimate of drug-likeness (QED) is 0.133. The van der Waals surface area contributed by atoms with E-state index in [1.807, 2.05) is 0 Å². The Kier molecular flexibility index (Phi) is 10.1. The molecule has 0 unspecified atom stereocenters. The molecule has 0 spiro atoms. The SMILES string of the molecule is CCC1(CC)c2ccccc2-c2ccc(-c3ccc4c(c3)C(CC)(CC)c3cc(-c5c6ccccc6c(-c6c7ccccc7c(-c7ccc8c(c7)C(C)(C)c7ccccc7-8)c7ccccc67)c6ccccc56)ccc3-4)cc21. The lowest BCUT2D eigenvalue weighted by Gasteiger charge is -2.31. The number of rotatable bonds is 8. The number of benzene rings is 12. The highest BCUT2D eigenvalue weighted by Gasteiger charge is 2.43. The first-order valence-electron chi connectivity index (χ1n) is 28.4. The summed E-state index contributed by atoms with van der Waals surface area (Å²) in [6.07, 6.45) is 4.23. The molecule has 0 heterocycles. The van der Waals surface area contributed by atoms with Crippen molar-refractivity contribution in [1.82, 2.24) is 0 Å². The Labute approximate surface area is 453 Å². The molecule has 0 bridgehead atoms. The van der Waals surface area contributed by atoms with E-state index >= 15 is 0 Å². The van der Waals surface area contributed by atoms with Crippen molar-refractivity contribution in [1.29, 1.82) is 0 Å². The van der Waals surface area contributed by atoms with Gasteiger partial charge in [-0.25, -0.2) is 0 Å². The molecule has 370 valence electrons. The summed E-state index contributed by atoms with van der Waals surface area (Å²) in [4.78, 5) is 0. The van der Waals surface area contributed by atoms with Gasteiger partial charge in [-0.1, -0.05) is 236 Å². The smallest absolute Gasteiger partial charge is 0.0210 e. The van der Waals surface area contributed by atoms with Crippen LogP contribution in [0.5, 0.6) is 0 Å². The Morgan fingerprint density at radius 3 is 0.883 bits per heavy atom. The van der Waals surface area contributed by atoms with Gasteiger partial charge in [-0.2, -0.15) is 0 Å². The van der Waals surface area contributed by atoms with Crippen LogP contribution in [-0.2, 0) is 16.2 Å². The lowest BCUT2D eigenvalue weighted by atomic mass is 9.72. The third kappa shape index (κ3) is 6.16. The molecule has 3 aliphatic carbocycles. The molecular formula is C77H62. The standard InChI is InChI=1S/C77H62/c1-7-76(8-2)66-34-22-20-24-52(66)54-39-35-47(43-68(54)76)48-36-40-55-56-42-38-50(46-70(56)77(9-3,10-4)69(55)44-48)72-59-27-13-17-31-63(59)74(64-32-18-14-28-60(64)72)73-61-29-15-11-25-57(61)71(58-26-12-16-30-62(58)73)49-37-41-53-51-23-19-21-33-65(51)75(5,6)67(53)45-49/h11-46H,7-10H2,1-6H3. The first-order valence-corrected chi connectivity index (χ1v) is 28.4. The first kappa shape index (κ1) is 46.0. The highest BCUT2D eigenvalue weighted by molar-refractivity contribution is 6.30. The zero-order valence-electron chi connectivity index (χ0n) is 45.1. The van der Waals surface area contributed by atoms with Crippen LogP contribution < -0.4 is 0 Å². The average molecular weight is 987 g/mol. The molecule has 0 fully saturated rings. The fourth-order valence-electron chi connectivity index (χ4n) is 15.8. The van der Waals surface area contributed by atoms with Gasteiger partial charge < -0.3 is 0 Å². The van der Waals surface area contributed by atoms with Crippen molar-refractivity contribution in [2.75, 3.05) is 0 Å². The van der Waals surface area contributed by atoms with Crippen molar-refractivity contribution in [2.45, 2.75) is 83.5 Å². The molecule has 0 nitrogen and oxygen atoms in total. The summed E-state index contributed by atoms with van der Waals surface area (Å²) < 4.78 is 0. The Balaban J connectivity index is 0.898. The monoisotopic (exact) mass is 986 g/mol. The van der Waals surface area contributed by atoms with Gasteiger partial charge in [-0.15, -0.1) is 0 Å². The zero-order chi connectivity index (χ0) is 52.0. The Morgan fingerprint density at radius 2 is 0.494 bits per heavy atom. The maximum Gasteiger partial charge on any atom is 0.0210 e. The minimum absolute atomic E-state index is 0.0373. The molecule has 0 atom stereocenters. The summed E-state index contributed by atoms with van der Waals surface area (Å²) in [5.41, 5.74) is 27.2. The third-order valence-electron chi connectivity index (χ3n) is 19.6. The van der Waals surface area contributed by atoms with E-state index in [1.165, 1.54) is 154 Å². The van der Waals surface area contributed by atoms with E-state index in [0.29, 0.717) is 0 Å². The molecule has 0 aliphatic heterocycles. The molecule has 0 saturated carbocycles. The molecule has 0 N–H and O–H groups in total. The number of fused-ring (bicyclic) bond motifs is 13. The van der Waals surface area contributed by atoms with Crippen molar-refractivity contribution in [3.63, 3.8) is 0 Å². The molecule has 0 heteroatoms. The second-order valence-corrected chi connectivity index (χ2v) is 23.0. The molecule has 15 rings (SSSR count). The highest BCUT2D eigenvalue weighted by atomic mass is 14.5. The second kappa shape index (κ2) is 16.8. The van der Waals surface area contributed by atoms with E-state index in [1.54, 1.807) is 0 Å². The maximum absolute atomic E-state index is 2.59. The summed E-state index contributed by atoms with van der Waals surface area (Å²) in [6.45, 7) is 14.3. The van der Waals surface area contributed by atoms with Gasteiger partial charge in [-0.05, 0) is 204 Å². The van der Waals surface area contributed by atoms with Gasteiger partial charge in [0, 0.05) is 16.2 Å². The van der Waals surface area contributed by atoms with Crippen LogP contribution in [0.15, 0.2) is 218 Å². The predicted molar refractivity (Wildman–Crippen MR) is 329 cm³/mol. The van der Waals surface area contributed by atoms with Crippen LogP contribution in [0.1, 0.15) is 101 Å². The fraction of sp³-hybridized carbons (Fsp3) is 0.169. The van der Waals surface area contributed by atoms with Crippen molar-refractivity contribution in [2.24, 2.45) is 0 Å². The highest BCUT2D eigenvalue weighted by Crippen LogP contribution is 2.58. The Bertz CT molecular complexity index is 4360. The third-order valence-corrected chi connectivity index (χ3v) is 19.6. The van der Waals surface area contributed by atoms with E-state index in [2.05, 4.69) is 260 Å². The second-order valence-electron chi connectivity index (χ2n) is 23.0. The first-order chi connectivity index (χ1) is 37.7. The fourth-order valence-corrected chi connectivity index (χ4v) is 15.8. The molecule has 12 aromatic rings. The van der Waals surface area contributed by atoms with Gasteiger partial charge in [0.15, 0.2) is 0 Å². The maximum atomic E-state index is 2.59. The van der Waals surface area contributed by atoms with Crippen molar-refractivity contribution >= 4 is 43.1 Å². The lowest BCUT2D eigenvalue weighted by Crippen LogP contribution is -2.23. The van der Waals surface area contributed by atoms with Crippen LogP contribution in [0.3, 0.4) is 0 Å². The van der Waals surface area contributed by atoms with Gasteiger partial charge >= 0.3 is 0 Å². The van der Waals surface area contributed by atoms with Gasteiger partial charge in [0.2, 0.25) is 0 Å². The molecular weight excluding hydrogens is 925 g/mol. The molecule has 0 radical (unpaired) electrons. The van der Waals surface area contributed by atoms with E-state index in [0.717, 1.165) is 25.7 Å². The number of hydrogen-bond donors (Lipinski definition) is 0. The Morgan fingerprint density at radius 1 is 0.234 bits per heavy atom. The van der Waals surface area contributed by atoms with Crippen molar-refractivity contribution < 1.29 is 0 Å². The summed E-state index contributed by atoms with van der Waals surface area (Å²) >= 11 is 0. The minimum Gasteiger partial charge on any atom is -0.0642 e. The molecule has 0 amide bonds. The normalized spacial score (nSPS) is 14.9. The van der Waals surface area contributed by atoms with Gasteiger partial charge in [0.25, 0.3) is 0 Å². The largest absolute Gasteiger partial charge is 0.0642 e. The molecule has 12 aromatic carbocycles. The number of hydrogen-bond acceptors (Lipinski definition) is 0. The van der Waals surface area contributed by atoms with Crippen molar-refractivity contribution in [3.05, 3.63) is 252 Å². The van der Waals surface area contributed by atoms with Gasteiger partial charge in [-0.3, -0.25) is 0 Å². The van der Waals surface area contributed by atoms with Crippen molar-refractivity contribution in [3.8, 4) is 77.9 Å². The summed E-state index contributed by atoms with van der Waals surface area (Å²) in [5, 5.41) is 10.2. The summed E-state index contributed by atoms with van der Waals surface area (Å²) in [5.74, 6) is 0. The van der Waals surface area contributed by atoms with Gasteiger partial charge in [0.05, 0.1) is 0 Å². The van der Waals surface area contributed by atoms with Crippen LogP contribution in [0, 0.1) is 0 Å². The van der Waals surface area contributed by atoms with Crippen LogP contribution in [0.2, 0.25) is 0 Å². The molecule has 3 aliphatic rings. The average Bonchev–Trinajstić information content (AvgIpc) is 4.26. The van der Waals surface area contributed by atoms with E-state index in [9.17, 15) is 0 Å². The summed E-state index contributed by atoms with van der Waals surface area (Å²) in [6, 6.07) is 84.5. The molecule has 0 saturated heterocycles. The van der Waals surface area contributed by atoms with E-state index in [-0.39, 0.29) is 16.2 Å². The van der Waals surface area contributed by atoms with Gasteiger partial charge in [0.1, 0.15) is 0 Å². The minimum atomic E-state index is -0.121.